The summed E-state index contributed by atoms with van der Waals surface area (Å²) in [4.78, 5) is 9.67. The van der Waals surface area contributed by atoms with Gasteiger partial charge in [-0.3, -0.25) is 0 Å². The average Bonchev–Trinajstić information content (AvgIpc) is 2.49. The molecule has 1 aromatic rings. The maximum absolute atomic E-state index is 5.58. The molecule has 2 atom stereocenters. The van der Waals surface area contributed by atoms with Gasteiger partial charge in [0, 0.05) is 23.9 Å². The lowest BCUT2D eigenvalue weighted by Gasteiger charge is -2.27. The van der Waals surface area contributed by atoms with E-state index in [4.69, 9.17) is 14.7 Å². The lowest BCUT2D eigenvalue weighted by molar-refractivity contribution is 0.0779. The van der Waals surface area contributed by atoms with Crippen LogP contribution in [0.5, 0.6) is 0 Å². The Morgan fingerprint density at radius 2 is 2.20 bits per heavy atom. The van der Waals surface area contributed by atoms with Crippen molar-refractivity contribution in [1.29, 1.82) is 0 Å². The molecule has 20 heavy (non-hydrogen) atoms. The number of aromatic nitrogens is 2. The van der Waals surface area contributed by atoms with Gasteiger partial charge in [-0.05, 0) is 64.1 Å². The van der Waals surface area contributed by atoms with Gasteiger partial charge in [0.1, 0.15) is 5.82 Å². The van der Waals surface area contributed by atoms with Gasteiger partial charge in [0.15, 0.2) is 0 Å². The van der Waals surface area contributed by atoms with Crippen LogP contribution in [0.3, 0.4) is 0 Å². The Balaban J connectivity index is 1.82. The molecule has 110 valence electrons. The lowest BCUT2D eigenvalue weighted by Crippen LogP contribution is -2.27. The molecule has 4 nitrogen and oxygen atoms in total. The SMILES string of the molecule is CNCC1CCc2nc(C3CCCOC3)nc(C)c2C1. The predicted molar refractivity (Wildman–Crippen MR) is 79.0 cm³/mol. The normalized spacial score (nSPS) is 26.3. The van der Waals surface area contributed by atoms with Crippen LogP contribution in [-0.2, 0) is 17.6 Å². The first kappa shape index (κ1) is 14.0. The Hall–Kier alpha value is -1.00. The van der Waals surface area contributed by atoms with E-state index in [0.29, 0.717) is 5.92 Å². The monoisotopic (exact) mass is 275 g/mol. The molecular weight excluding hydrogens is 250 g/mol. The van der Waals surface area contributed by atoms with Gasteiger partial charge in [-0.25, -0.2) is 9.97 Å². The number of fused-ring (bicyclic) bond motifs is 1. The average molecular weight is 275 g/mol. The van der Waals surface area contributed by atoms with Crippen LogP contribution < -0.4 is 5.32 Å². The molecule has 2 unspecified atom stereocenters. The zero-order valence-electron chi connectivity index (χ0n) is 12.6. The van der Waals surface area contributed by atoms with E-state index in [1.165, 1.54) is 29.8 Å². The maximum Gasteiger partial charge on any atom is 0.134 e. The van der Waals surface area contributed by atoms with Crippen molar-refractivity contribution in [2.24, 2.45) is 5.92 Å². The van der Waals surface area contributed by atoms with Crippen molar-refractivity contribution < 1.29 is 4.74 Å². The summed E-state index contributed by atoms with van der Waals surface area (Å²) >= 11 is 0. The first-order chi connectivity index (χ1) is 9.78. The second-order valence-electron chi connectivity index (χ2n) is 6.17. The molecule has 0 saturated carbocycles. The molecule has 0 amide bonds. The Morgan fingerprint density at radius 3 is 2.95 bits per heavy atom. The highest BCUT2D eigenvalue weighted by Gasteiger charge is 2.25. The molecule has 0 radical (unpaired) electrons. The largest absolute Gasteiger partial charge is 0.381 e. The minimum atomic E-state index is 0.405. The van der Waals surface area contributed by atoms with Gasteiger partial charge in [0.25, 0.3) is 0 Å². The van der Waals surface area contributed by atoms with Crippen LogP contribution in [0, 0.1) is 12.8 Å². The Bertz CT molecular complexity index is 469. The van der Waals surface area contributed by atoms with Gasteiger partial charge in [0.2, 0.25) is 0 Å². The van der Waals surface area contributed by atoms with E-state index in [9.17, 15) is 0 Å². The summed E-state index contributed by atoms with van der Waals surface area (Å²) in [6.45, 7) is 4.93. The molecular formula is C16H25N3O. The first-order valence-electron chi connectivity index (χ1n) is 7.86. The Labute approximate surface area is 121 Å². The number of hydrogen-bond donors (Lipinski definition) is 1. The minimum absolute atomic E-state index is 0.405. The number of nitrogens with one attached hydrogen (secondary N) is 1. The standard InChI is InChI=1S/C16H25N3O/c1-11-14-8-12(9-17-2)5-6-15(14)19-16(18-11)13-4-3-7-20-10-13/h12-13,17H,3-10H2,1-2H3. The lowest BCUT2D eigenvalue weighted by atomic mass is 9.85. The fourth-order valence-electron chi connectivity index (χ4n) is 3.47. The van der Waals surface area contributed by atoms with E-state index >= 15 is 0 Å². The van der Waals surface area contributed by atoms with Crippen molar-refractivity contribution in [3.05, 3.63) is 22.8 Å². The number of rotatable bonds is 3. The molecule has 4 heteroatoms. The molecule has 1 saturated heterocycles. The zero-order chi connectivity index (χ0) is 13.9. The molecule has 2 heterocycles. The summed E-state index contributed by atoms with van der Waals surface area (Å²) in [6.07, 6.45) is 5.77. The zero-order valence-corrected chi connectivity index (χ0v) is 12.6. The molecule has 0 aromatic carbocycles. The third kappa shape index (κ3) is 2.86. The summed E-state index contributed by atoms with van der Waals surface area (Å²) in [5.74, 6) is 2.16. The van der Waals surface area contributed by atoms with Crippen molar-refractivity contribution in [2.45, 2.75) is 44.9 Å². The van der Waals surface area contributed by atoms with Crippen LogP contribution in [0.4, 0.5) is 0 Å². The van der Waals surface area contributed by atoms with Crippen molar-refractivity contribution in [3.8, 4) is 0 Å². The quantitative estimate of drug-likeness (QED) is 0.916. The van der Waals surface area contributed by atoms with E-state index in [2.05, 4.69) is 12.2 Å². The highest BCUT2D eigenvalue weighted by atomic mass is 16.5. The fourth-order valence-corrected chi connectivity index (χ4v) is 3.47. The molecule has 1 N–H and O–H groups in total. The number of ether oxygens (including phenoxy) is 1. The van der Waals surface area contributed by atoms with Gasteiger partial charge >= 0.3 is 0 Å². The van der Waals surface area contributed by atoms with Crippen LogP contribution in [-0.4, -0.2) is 36.8 Å². The van der Waals surface area contributed by atoms with Gasteiger partial charge in [0.05, 0.1) is 6.61 Å². The summed E-state index contributed by atoms with van der Waals surface area (Å²) in [5.41, 5.74) is 3.89. The first-order valence-corrected chi connectivity index (χ1v) is 7.86. The molecule has 1 aliphatic heterocycles. The second kappa shape index (κ2) is 6.19. The summed E-state index contributed by atoms with van der Waals surface area (Å²) < 4.78 is 5.58. The molecule has 3 rings (SSSR count). The van der Waals surface area contributed by atoms with Gasteiger partial charge < -0.3 is 10.1 Å². The third-order valence-corrected chi connectivity index (χ3v) is 4.62. The van der Waals surface area contributed by atoms with Crippen molar-refractivity contribution in [2.75, 3.05) is 26.8 Å². The summed E-state index contributed by atoms with van der Waals surface area (Å²) in [6, 6.07) is 0. The Kier molecular flexibility index (Phi) is 4.32. The minimum Gasteiger partial charge on any atom is -0.381 e. The number of hydrogen-bond acceptors (Lipinski definition) is 4. The smallest absolute Gasteiger partial charge is 0.134 e. The topological polar surface area (TPSA) is 47.0 Å². The predicted octanol–water partition coefficient (Wildman–Crippen LogP) is 2.00. The van der Waals surface area contributed by atoms with Crippen LogP contribution >= 0.6 is 0 Å². The fraction of sp³-hybridized carbons (Fsp3) is 0.750. The van der Waals surface area contributed by atoms with Crippen LogP contribution in [0.2, 0.25) is 0 Å². The van der Waals surface area contributed by atoms with Crippen molar-refractivity contribution >= 4 is 0 Å². The van der Waals surface area contributed by atoms with Gasteiger partial charge in [-0.2, -0.15) is 0 Å². The molecule has 1 aliphatic carbocycles. The van der Waals surface area contributed by atoms with Crippen molar-refractivity contribution in [3.63, 3.8) is 0 Å². The second-order valence-corrected chi connectivity index (χ2v) is 6.17. The molecule has 1 aromatic heterocycles. The van der Waals surface area contributed by atoms with Gasteiger partial charge in [-0.1, -0.05) is 0 Å². The van der Waals surface area contributed by atoms with Gasteiger partial charge in [-0.15, -0.1) is 0 Å². The highest BCUT2D eigenvalue weighted by Crippen LogP contribution is 2.29. The van der Waals surface area contributed by atoms with E-state index in [1.807, 2.05) is 7.05 Å². The van der Waals surface area contributed by atoms with Crippen molar-refractivity contribution in [1.82, 2.24) is 15.3 Å². The van der Waals surface area contributed by atoms with Crippen LogP contribution in [0.15, 0.2) is 0 Å². The number of aryl methyl sites for hydroxylation is 2. The van der Waals surface area contributed by atoms with Crippen LogP contribution in [0.1, 0.15) is 48.0 Å². The summed E-state index contributed by atoms with van der Waals surface area (Å²) in [5, 5.41) is 3.29. The molecule has 0 spiro atoms. The van der Waals surface area contributed by atoms with E-state index in [0.717, 1.165) is 50.8 Å². The summed E-state index contributed by atoms with van der Waals surface area (Å²) in [7, 11) is 2.03. The van der Waals surface area contributed by atoms with E-state index < -0.39 is 0 Å². The Morgan fingerprint density at radius 1 is 1.30 bits per heavy atom. The highest BCUT2D eigenvalue weighted by molar-refractivity contribution is 5.29. The van der Waals surface area contributed by atoms with E-state index in [1.54, 1.807) is 0 Å². The number of nitrogens with zero attached hydrogens (tertiary/aromatic N) is 2. The van der Waals surface area contributed by atoms with E-state index in [-0.39, 0.29) is 0 Å². The maximum atomic E-state index is 5.58. The van der Waals surface area contributed by atoms with Crippen LogP contribution in [0.25, 0.3) is 0 Å². The third-order valence-electron chi connectivity index (χ3n) is 4.62. The molecule has 2 aliphatic rings. The molecule has 1 fully saturated rings. The molecule has 0 bridgehead atoms.